The molecule has 0 bridgehead atoms. The Morgan fingerprint density at radius 2 is 2.00 bits per heavy atom. The molecule has 0 fully saturated rings. The van der Waals surface area contributed by atoms with Gasteiger partial charge in [0.15, 0.2) is 5.11 Å². The minimum Gasteiger partial charge on any atom is -0.385 e. The van der Waals surface area contributed by atoms with Crippen molar-refractivity contribution in [3.8, 4) is 0 Å². The van der Waals surface area contributed by atoms with Crippen molar-refractivity contribution < 1.29 is 14.3 Å². The average molecular weight is 365 g/mol. The third-order valence-electron chi connectivity index (χ3n) is 3.45. The van der Waals surface area contributed by atoms with Gasteiger partial charge in [-0.25, -0.2) is 0 Å². The van der Waals surface area contributed by atoms with Crippen molar-refractivity contribution in [1.82, 2.24) is 10.6 Å². The summed E-state index contributed by atoms with van der Waals surface area (Å²) >= 11 is 5.14. The zero-order valence-corrected chi connectivity index (χ0v) is 15.7. The van der Waals surface area contributed by atoms with Crippen molar-refractivity contribution in [3.63, 3.8) is 0 Å². The Bertz CT molecular complexity index is 578. The van der Waals surface area contributed by atoms with Gasteiger partial charge < -0.3 is 20.7 Å². The van der Waals surface area contributed by atoms with Crippen molar-refractivity contribution in [1.29, 1.82) is 0 Å². The van der Waals surface area contributed by atoms with E-state index in [0.29, 0.717) is 30.8 Å². The lowest BCUT2D eigenvalue weighted by Crippen LogP contribution is -2.34. The van der Waals surface area contributed by atoms with E-state index in [1.165, 1.54) is 0 Å². The number of anilines is 1. The number of benzene rings is 1. The van der Waals surface area contributed by atoms with Crippen LogP contribution < -0.4 is 16.0 Å². The van der Waals surface area contributed by atoms with Crippen LogP contribution in [0, 0.1) is 0 Å². The molecule has 6 nitrogen and oxygen atoms in total. The minimum absolute atomic E-state index is 0.0991. The molecule has 1 rings (SSSR count). The number of amides is 2. The van der Waals surface area contributed by atoms with Crippen LogP contribution in [0.4, 0.5) is 5.69 Å². The fourth-order valence-corrected chi connectivity index (χ4v) is 2.38. The van der Waals surface area contributed by atoms with Crippen molar-refractivity contribution in [2.45, 2.75) is 39.0 Å². The van der Waals surface area contributed by atoms with Gasteiger partial charge in [0.25, 0.3) is 5.91 Å². The fourth-order valence-electron chi connectivity index (χ4n) is 2.15. The van der Waals surface area contributed by atoms with Gasteiger partial charge in [0.05, 0.1) is 0 Å². The molecule has 0 aliphatic rings. The Morgan fingerprint density at radius 1 is 1.20 bits per heavy atom. The molecule has 0 radical (unpaired) electrons. The highest BCUT2D eigenvalue weighted by molar-refractivity contribution is 7.80. The summed E-state index contributed by atoms with van der Waals surface area (Å²) in [5.41, 5.74) is 1.18. The molecule has 1 aromatic rings. The molecule has 25 heavy (non-hydrogen) atoms. The molecule has 7 heteroatoms. The molecular formula is C18H27N3O3S. The quantitative estimate of drug-likeness (QED) is 0.439. The topological polar surface area (TPSA) is 79.5 Å². The fraction of sp³-hybridized carbons (Fsp3) is 0.500. The van der Waals surface area contributed by atoms with Crippen LogP contribution in [-0.4, -0.2) is 37.2 Å². The van der Waals surface area contributed by atoms with Crippen LogP contribution in [0.5, 0.6) is 0 Å². The normalized spacial score (nSPS) is 10.2. The van der Waals surface area contributed by atoms with Crippen LogP contribution in [0.15, 0.2) is 24.3 Å². The van der Waals surface area contributed by atoms with Crippen LogP contribution in [0.1, 0.15) is 49.4 Å². The number of carbonyl (C=O) groups is 2. The number of carbonyl (C=O) groups excluding carboxylic acids is 2. The molecule has 138 valence electrons. The lowest BCUT2D eigenvalue weighted by Gasteiger charge is -2.11. The summed E-state index contributed by atoms with van der Waals surface area (Å²) in [4.78, 5) is 23.8. The van der Waals surface area contributed by atoms with Gasteiger partial charge in [0.2, 0.25) is 5.91 Å². The lowest BCUT2D eigenvalue weighted by atomic mass is 10.2. The third-order valence-corrected chi connectivity index (χ3v) is 3.66. The molecule has 0 saturated heterocycles. The molecule has 0 aliphatic heterocycles. The first kappa shape index (κ1) is 21.1. The summed E-state index contributed by atoms with van der Waals surface area (Å²) in [5, 5.41) is 8.65. The number of hydrogen-bond acceptors (Lipinski definition) is 4. The molecule has 0 aromatic heterocycles. The van der Waals surface area contributed by atoms with Gasteiger partial charge in [-0.15, -0.1) is 0 Å². The zero-order chi connectivity index (χ0) is 18.5. The maximum Gasteiger partial charge on any atom is 0.251 e. The molecule has 0 saturated carbocycles. The standard InChI is InChI=1S/C18H27N3O3S/c1-3-4-5-10-16(22)21-18(25)20-15-9-6-8-14(13-15)17(23)19-11-7-12-24-2/h6,8-9,13H,3-5,7,10-12H2,1-2H3,(H,19,23)(H2,20,21,22,25). The van der Waals surface area contributed by atoms with Crippen LogP contribution >= 0.6 is 12.2 Å². The van der Waals surface area contributed by atoms with E-state index in [0.717, 1.165) is 25.7 Å². The minimum atomic E-state index is -0.158. The summed E-state index contributed by atoms with van der Waals surface area (Å²) in [5.74, 6) is -0.257. The smallest absolute Gasteiger partial charge is 0.251 e. The second kappa shape index (κ2) is 12.4. The first-order valence-corrected chi connectivity index (χ1v) is 8.95. The maximum absolute atomic E-state index is 12.1. The van der Waals surface area contributed by atoms with Crippen molar-refractivity contribution >= 4 is 34.8 Å². The van der Waals surface area contributed by atoms with E-state index in [-0.39, 0.29) is 16.9 Å². The van der Waals surface area contributed by atoms with Gasteiger partial charge in [0, 0.05) is 37.9 Å². The van der Waals surface area contributed by atoms with Gasteiger partial charge in [0.1, 0.15) is 0 Å². The van der Waals surface area contributed by atoms with Crippen molar-refractivity contribution in [3.05, 3.63) is 29.8 Å². The number of unbranched alkanes of at least 4 members (excludes halogenated alkanes) is 2. The molecular weight excluding hydrogens is 338 g/mol. The highest BCUT2D eigenvalue weighted by Crippen LogP contribution is 2.10. The van der Waals surface area contributed by atoms with Crippen molar-refractivity contribution in [2.75, 3.05) is 25.6 Å². The Kier molecular flexibility index (Phi) is 10.4. The van der Waals surface area contributed by atoms with E-state index in [1.807, 2.05) is 0 Å². The van der Waals surface area contributed by atoms with E-state index in [9.17, 15) is 9.59 Å². The Labute approximate surface area is 154 Å². The summed E-state index contributed by atoms with van der Waals surface area (Å²) in [7, 11) is 1.63. The molecule has 3 N–H and O–H groups in total. The number of methoxy groups -OCH3 is 1. The van der Waals surface area contributed by atoms with E-state index < -0.39 is 0 Å². The second-order valence-electron chi connectivity index (χ2n) is 5.64. The van der Waals surface area contributed by atoms with Crippen LogP contribution in [0.25, 0.3) is 0 Å². The monoisotopic (exact) mass is 365 g/mol. The lowest BCUT2D eigenvalue weighted by molar-refractivity contribution is -0.119. The molecule has 1 aromatic carbocycles. The van der Waals surface area contributed by atoms with Crippen LogP contribution in [-0.2, 0) is 9.53 Å². The van der Waals surface area contributed by atoms with Gasteiger partial charge in [-0.1, -0.05) is 25.8 Å². The molecule has 0 spiro atoms. The Balaban J connectivity index is 2.47. The highest BCUT2D eigenvalue weighted by atomic mass is 32.1. The summed E-state index contributed by atoms with van der Waals surface area (Å²) < 4.78 is 4.94. The number of ether oxygens (including phenoxy) is 1. The Morgan fingerprint density at radius 3 is 2.72 bits per heavy atom. The van der Waals surface area contributed by atoms with E-state index in [4.69, 9.17) is 17.0 Å². The SMILES string of the molecule is CCCCCC(=O)NC(=S)Nc1cccc(C(=O)NCCCOC)c1. The van der Waals surface area contributed by atoms with Crippen molar-refractivity contribution in [2.24, 2.45) is 0 Å². The zero-order valence-electron chi connectivity index (χ0n) is 14.9. The number of nitrogens with one attached hydrogen (secondary N) is 3. The number of hydrogen-bond donors (Lipinski definition) is 3. The molecule has 2 amide bonds. The third kappa shape index (κ3) is 9.16. The molecule has 0 atom stereocenters. The first-order valence-electron chi connectivity index (χ1n) is 8.54. The van der Waals surface area contributed by atoms with Gasteiger partial charge in [-0.3, -0.25) is 9.59 Å². The maximum atomic E-state index is 12.1. The largest absolute Gasteiger partial charge is 0.385 e. The Hall–Kier alpha value is -1.99. The van der Waals surface area contributed by atoms with Crippen LogP contribution in [0.3, 0.4) is 0 Å². The van der Waals surface area contributed by atoms with Gasteiger partial charge >= 0.3 is 0 Å². The van der Waals surface area contributed by atoms with Crippen LogP contribution in [0.2, 0.25) is 0 Å². The molecule has 0 unspecified atom stereocenters. The average Bonchev–Trinajstić information content (AvgIpc) is 2.59. The molecule has 0 heterocycles. The predicted molar refractivity (Wildman–Crippen MR) is 104 cm³/mol. The highest BCUT2D eigenvalue weighted by Gasteiger charge is 2.08. The summed E-state index contributed by atoms with van der Waals surface area (Å²) in [6.07, 6.45) is 4.16. The first-order chi connectivity index (χ1) is 12.1. The second-order valence-corrected chi connectivity index (χ2v) is 6.05. The van der Waals surface area contributed by atoms with E-state index >= 15 is 0 Å². The van der Waals surface area contributed by atoms with Gasteiger partial charge in [-0.2, -0.15) is 0 Å². The number of thiocarbonyl (C=S) groups is 1. The summed E-state index contributed by atoms with van der Waals surface area (Å²) in [6.45, 7) is 3.25. The number of rotatable bonds is 10. The van der Waals surface area contributed by atoms with Gasteiger partial charge in [-0.05, 0) is 43.3 Å². The summed E-state index contributed by atoms with van der Waals surface area (Å²) in [6, 6.07) is 6.97. The van der Waals surface area contributed by atoms with E-state index in [1.54, 1.807) is 31.4 Å². The molecule has 0 aliphatic carbocycles. The van der Waals surface area contributed by atoms with E-state index in [2.05, 4.69) is 22.9 Å². The predicted octanol–water partition coefficient (Wildman–Crippen LogP) is 2.85.